The zero-order valence-electron chi connectivity index (χ0n) is 10.8. The fourth-order valence-corrected chi connectivity index (χ4v) is 3.40. The predicted octanol–water partition coefficient (Wildman–Crippen LogP) is 3.68. The SMILES string of the molecule is Cc1cccc(C(=O)NCC2(CBr)CCCC2)c1. The van der Waals surface area contributed by atoms with Gasteiger partial charge in [0.2, 0.25) is 0 Å². The monoisotopic (exact) mass is 309 g/mol. The third-order valence-electron chi connectivity index (χ3n) is 3.85. The summed E-state index contributed by atoms with van der Waals surface area (Å²) >= 11 is 3.60. The van der Waals surface area contributed by atoms with Gasteiger partial charge in [-0.25, -0.2) is 0 Å². The number of benzene rings is 1. The summed E-state index contributed by atoms with van der Waals surface area (Å²) in [7, 11) is 0. The second-order valence-corrected chi connectivity index (χ2v) is 5.95. The molecular formula is C15H20BrNO. The van der Waals surface area contributed by atoms with Gasteiger partial charge in [-0.05, 0) is 37.3 Å². The molecule has 0 spiro atoms. The van der Waals surface area contributed by atoms with Gasteiger partial charge in [0, 0.05) is 17.4 Å². The second kappa shape index (κ2) is 5.87. The molecule has 18 heavy (non-hydrogen) atoms. The fourth-order valence-electron chi connectivity index (χ4n) is 2.64. The molecule has 0 unspecified atom stereocenters. The fraction of sp³-hybridized carbons (Fsp3) is 0.533. The van der Waals surface area contributed by atoms with Crippen molar-refractivity contribution in [1.29, 1.82) is 0 Å². The Kier molecular flexibility index (Phi) is 4.44. The van der Waals surface area contributed by atoms with Gasteiger partial charge in [0.1, 0.15) is 0 Å². The number of halogens is 1. The molecule has 1 saturated carbocycles. The van der Waals surface area contributed by atoms with E-state index >= 15 is 0 Å². The minimum Gasteiger partial charge on any atom is -0.351 e. The van der Waals surface area contributed by atoms with Gasteiger partial charge in [-0.1, -0.05) is 46.5 Å². The van der Waals surface area contributed by atoms with Crippen molar-refractivity contribution >= 4 is 21.8 Å². The number of amides is 1. The van der Waals surface area contributed by atoms with Gasteiger partial charge >= 0.3 is 0 Å². The van der Waals surface area contributed by atoms with Crippen molar-refractivity contribution in [3.8, 4) is 0 Å². The van der Waals surface area contributed by atoms with Crippen molar-refractivity contribution in [2.45, 2.75) is 32.6 Å². The lowest BCUT2D eigenvalue weighted by atomic mass is 9.89. The summed E-state index contributed by atoms with van der Waals surface area (Å²) in [6.45, 7) is 2.79. The Labute approximate surface area is 117 Å². The summed E-state index contributed by atoms with van der Waals surface area (Å²) < 4.78 is 0. The Morgan fingerprint density at radius 2 is 2.11 bits per heavy atom. The minimum atomic E-state index is 0.0472. The molecule has 98 valence electrons. The van der Waals surface area contributed by atoms with E-state index in [9.17, 15) is 4.79 Å². The van der Waals surface area contributed by atoms with Gasteiger partial charge < -0.3 is 5.32 Å². The maximum atomic E-state index is 12.1. The molecule has 0 radical (unpaired) electrons. The van der Waals surface area contributed by atoms with Crippen LogP contribution in [0.3, 0.4) is 0 Å². The first-order chi connectivity index (χ1) is 8.65. The first-order valence-electron chi connectivity index (χ1n) is 6.56. The molecular weight excluding hydrogens is 290 g/mol. The largest absolute Gasteiger partial charge is 0.351 e. The number of nitrogens with one attached hydrogen (secondary N) is 1. The van der Waals surface area contributed by atoms with Crippen LogP contribution in [-0.2, 0) is 0 Å². The maximum absolute atomic E-state index is 12.1. The molecule has 1 fully saturated rings. The van der Waals surface area contributed by atoms with Gasteiger partial charge in [0.15, 0.2) is 0 Å². The Hall–Kier alpha value is -0.830. The lowest BCUT2D eigenvalue weighted by Gasteiger charge is -2.26. The van der Waals surface area contributed by atoms with Crippen molar-refractivity contribution in [3.63, 3.8) is 0 Å². The topological polar surface area (TPSA) is 29.1 Å². The average molecular weight is 310 g/mol. The van der Waals surface area contributed by atoms with Crippen molar-refractivity contribution in [2.24, 2.45) is 5.41 Å². The molecule has 0 aliphatic heterocycles. The van der Waals surface area contributed by atoms with Crippen LogP contribution in [0.25, 0.3) is 0 Å². The van der Waals surface area contributed by atoms with E-state index in [0.717, 1.165) is 23.0 Å². The Balaban J connectivity index is 1.96. The Bertz CT molecular complexity index is 424. The van der Waals surface area contributed by atoms with Crippen LogP contribution in [-0.4, -0.2) is 17.8 Å². The van der Waals surface area contributed by atoms with Crippen LogP contribution in [0.15, 0.2) is 24.3 Å². The molecule has 1 amide bonds. The van der Waals surface area contributed by atoms with Crippen LogP contribution in [0, 0.1) is 12.3 Å². The Morgan fingerprint density at radius 3 is 2.72 bits per heavy atom. The number of alkyl halides is 1. The number of carbonyl (C=O) groups is 1. The van der Waals surface area contributed by atoms with Crippen LogP contribution in [0.1, 0.15) is 41.6 Å². The van der Waals surface area contributed by atoms with Crippen LogP contribution in [0.2, 0.25) is 0 Å². The zero-order valence-corrected chi connectivity index (χ0v) is 12.4. The smallest absolute Gasteiger partial charge is 0.251 e. The highest BCUT2D eigenvalue weighted by atomic mass is 79.9. The van der Waals surface area contributed by atoms with E-state index < -0.39 is 0 Å². The van der Waals surface area contributed by atoms with Crippen molar-refractivity contribution in [2.75, 3.05) is 11.9 Å². The number of aryl methyl sites for hydroxylation is 1. The summed E-state index contributed by atoms with van der Waals surface area (Å²) in [6, 6.07) is 7.75. The lowest BCUT2D eigenvalue weighted by molar-refractivity contribution is 0.0935. The van der Waals surface area contributed by atoms with Crippen molar-refractivity contribution in [1.82, 2.24) is 5.32 Å². The van der Waals surface area contributed by atoms with Gasteiger partial charge in [-0.15, -0.1) is 0 Å². The van der Waals surface area contributed by atoms with Crippen LogP contribution in [0.5, 0.6) is 0 Å². The van der Waals surface area contributed by atoms with E-state index in [-0.39, 0.29) is 11.3 Å². The predicted molar refractivity (Wildman–Crippen MR) is 78.2 cm³/mol. The van der Waals surface area contributed by atoms with E-state index in [1.807, 2.05) is 31.2 Å². The molecule has 0 atom stereocenters. The highest BCUT2D eigenvalue weighted by Gasteiger charge is 2.32. The lowest BCUT2D eigenvalue weighted by Crippen LogP contribution is -2.37. The normalized spacial score (nSPS) is 17.7. The van der Waals surface area contributed by atoms with Crippen LogP contribution >= 0.6 is 15.9 Å². The van der Waals surface area contributed by atoms with Crippen molar-refractivity contribution in [3.05, 3.63) is 35.4 Å². The summed E-state index contributed by atoms with van der Waals surface area (Å²) in [4.78, 5) is 12.1. The second-order valence-electron chi connectivity index (χ2n) is 5.39. The molecule has 0 saturated heterocycles. The molecule has 1 aromatic carbocycles. The highest BCUT2D eigenvalue weighted by molar-refractivity contribution is 9.09. The standard InChI is InChI=1S/C15H20BrNO/c1-12-5-4-6-13(9-12)14(18)17-11-15(10-16)7-2-3-8-15/h4-6,9H,2-3,7-8,10-11H2,1H3,(H,17,18). The third-order valence-corrected chi connectivity index (χ3v) is 5.04. The maximum Gasteiger partial charge on any atom is 0.251 e. The molecule has 1 aliphatic carbocycles. The number of hydrogen-bond donors (Lipinski definition) is 1. The molecule has 1 aliphatic rings. The molecule has 1 N–H and O–H groups in total. The molecule has 0 bridgehead atoms. The quantitative estimate of drug-likeness (QED) is 0.845. The summed E-state index contributed by atoms with van der Waals surface area (Å²) in [5, 5.41) is 4.07. The Morgan fingerprint density at radius 1 is 1.39 bits per heavy atom. The number of rotatable bonds is 4. The van der Waals surface area contributed by atoms with Gasteiger partial charge in [0.05, 0.1) is 0 Å². The third kappa shape index (κ3) is 3.14. The molecule has 0 heterocycles. The molecule has 0 aromatic heterocycles. The summed E-state index contributed by atoms with van der Waals surface area (Å²) in [5.41, 5.74) is 2.16. The van der Waals surface area contributed by atoms with Crippen LogP contribution in [0.4, 0.5) is 0 Å². The van der Waals surface area contributed by atoms with E-state index in [0.29, 0.717) is 0 Å². The van der Waals surface area contributed by atoms with E-state index in [2.05, 4.69) is 21.2 Å². The first-order valence-corrected chi connectivity index (χ1v) is 7.68. The number of carbonyl (C=O) groups excluding carboxylic acids is 1. The molecule has 3 heteroatoms. The van der Waals surface area contributed by atoms with Gasteiger partial charge in [0.25, 0.3) is 5.91 Å². The first kappa shape index (κ1) is 13.6. The van der Waals surface area contributed by atoms with E-state index in [1.165, 1.54) is 25.7 Å². The zero-order chi connectivity index (χ0) is 13.0. The van der Waals surface area contributed by atoms with Crippen LogP contribution < -0.4 is 5.32 Å². The number of hydrogen-bond acceptors (Lipinski definition) is 1. The van der Waals surface area contributed by atoms with Gasteiger partial charge in [-0.3, -0.25) is 4.79 Å². The van der Waals surface area contributed by atoms with Crippen molar-refractivity contribution < 1.29 is 4.79 Å². The molecule has 2 rings (SSSR count). The van der Waals surface area contributed by atoms with E-state index in [1.54, 1.807) is 0 Å². The average Bonchev–Trinajstić information content (AvgIpc) is 2.85. The molecule has 2 nitrogen and oxygen atoms in total. The van der Waals surface area contributed by atoms with E-state index in [4.69, 9.17) is 0 Å². The highest BCUT2D eigenvalue weighted by Crippen LogP contribution is 2.38. The summed E-state index contributed by atoms with van der Waals surface area (Å²) in [6.07, 6.45) is 5.00. The summed E-state index contributed by atoms with van der Waals surface area (Å²) in [5.74, 6) is 0.0472. The molecule has 1 aromatic rings. The minimum absolute atomic E-state index is 0.0472. The van der Waals surface area contributed by atoms with Gasteiger partial charge in [-0.2, -0.15) is 0 Å².